The summed E-state index contributed by atoms with van der Waals surface area (Å²) < 4.78 is 50.5. The fraction of sp³-hybridized carbons (Fsp3) is 0.316. The maximum Gasteiger partial charge on any atom is 0.431 e. The Morgan fingerprint density at radius 1 is 1.39 bits per heavy atom. The Labute approximate surface area is 158 Å². The van der Waals surface area contributed by atoms with Crippen LogP contribution in [0, 0.1) is 0 Å². The summed E-state index contributed by atoms with van der Waals surface area (Å²) in [5.74, 6) is 0.846. The van der Waals surface area contributed by atoms with Crippen molar-refractivity contribution in [1.82, 2.24) is 9.97 Å². The van der Waals surface area contributed by atoms with Crippen LogP contribution in [0.1, 0.15) is 24.1 Å². The molecular weight excluding hydrogens is 373 g/mol. The molecule has 0 amide bonds. The lowest BCUT2D eigenvalue weighted by atomic mass is 9.91. The van der Waals surface area contributed by atoms with Gasteiger partial charge < -0.3 is 14.5 Å². The molecular formula is C19H18F3N4O2+. The quantitative estimate of drug-likeness (QED) is 0.690. The van der Waals surface area contributed by atoms with Crippen molar-refractivity contribution in [2.75, 3.05) is 13.2 Å². The summed E-state index contributed by atoms with van der Waals surface area (Å²) in [5, 5.41) is 0.263. The number of nitrogens with zero attached hydrogens (tertiary/aromatic N) is 2. The van der Waals surface area contributed by atoms with Gasteiger partial charge in [0.1, 0.15) is 29.5 Å². The molecule has 3 aromatic rings. The fourth-order valence-corrected chi connectivity index (χ4v) is 3.28. The van der Waals surface area contributed by atoms with E-state index in [1.807, 2.05) is 31.2 Å². The normalized spacial score (nSPS) is 19.7. The average molecular weight is 391 g/mol. The number of aromatic amines is 2. The van der Waals surface area contributed by atoms with E-state index in [0.717, 1.165) is 17.4 Å². The van der Waals surface area contributed by atoms with Gasteiger partial charge in [0, 0.05) is 12.2 Å². The number of benzene rings is 1. The molecule has 2 N–H and O–H groups in total. The Morgan fingerprint density at radius 2 is 2.21 bits per heavy atom. The summed E-state index contributed by atoms with van der Waals surface area (Å²) in [6.45, 7) is 2.78. The monoisotopic (exact) mass is 391 g/mol. The molecule has 4 rings (SSSR count). The van der Waals surface area contributed by atoms with E-state index < -0.39 is 11.9 Å². The van der Waals surface area contributed by atoms with Crippen LogP contribution in [0.15, 0.2) is 41.7 Å². The number of hydrogen-bond donors (Lipinski definition) is 1. The van der Waals surface area contributed by atoms with E-state index >= 15 is 0 Å². The van der Waals surface area contributed by atoms with E-state index in [0.29, 0.717) is 13.2 Å². The molecule has 3 heterocycles. The van der Waals surface area contributed by atoms with Gasteiger partial charge in [-0.15, -0.1) is 4.99 Å². The van der Waals surface area contributed by atoms with Crippen LogP contribution >= 0.6 is 0 Å². The van der Waals surface area contributed by atoms with Crippen LogP contribution in [0.4, 0.5) is 19.0 Å². The van der Waals surface area contributed by atoms with Gasteiger partial charge in [0.2, 0.25) is 12.0 Å². The van der Waals surface area contributed by atoms with Crippen LogP contribution in [0.2, 0.25) is 0 Å². The Morgan fingerprint density at radius 3 is 3.00 bits per heavy atom. The fourth-order valence-electron chi connectivity index (χ4n) is 3.28. The van der Waals surface area contributed by atoms with Gasteiger partial charge in [-0.2, -0.15) is 13.2 Å². The molecule has 0 radical (unpaired) electrons. The predicted octanol–water partition coefficient (Wildman–Crippen LogP) is 3.68. The zero-order chi connectivity index (χ0) is 19.7. The molecule has 0 saturated heterocycles. The lowest BCUT2D eigenvalue weighted by molar-refractivity contribution is -0.365. The number of rotatable bonds is 4. The zero-order valence-electron chi connectivity index (χ0n) is 15.0. The van der Waals surface area contributed by atoms with Crippen molar-refractivity contribution in [2.24, 2.45) is 4.99 Å². The summed E-state index contributed by atoms with van der Waals surface area (Å²) in [4.78, 5) is 13.5. The summed E-state index contributed by atoms with van der Waals surface area (Å²) in [6, 6.07) is 8.59. The summed E-state index contributed by atoms with van der Waals surface area (Å²) in [6.07, 6.45) is -1.73. The van der Waals surface area contributed by atoms with Gasteiger partial charge in [0.05, 0.1) is 12.1 Å². The standard InChI is InChI=1S/C19H17F3N4O2/c1-2-27-15-9-28-14-6-4-3-5-11(14)13(15)8-23-17-12-7-16(19(20,21)22)26-18(12)25-10-24-17/h3-8,10,13,15H,2,9H2,1H3,(H,24,25,26)/p+1/b23-8-/t13?,15-/m0/s1. The molecule has 28 heavy (non-hydrogen) atoms. The molecule has 2 atom stereocenters. The lowest BCUT2D eigenvalue weighted by Gasteiger charge is -2.30. The van der Waals surface area contributed by atoms with Gasteiger partial charge in [0.25, 0.3) is 5.82 Å². The number of H-pyrrole nitrogens is 2. The van der Waals surface area contributed by atoms with Crippen LogP contribution in [0.25, 0.3) is 11.0 Å². The van der Waals surface area contributed by atoms with Gasteiger partial charge in [-0.3, -0.25) is 0 Å². The minimum atomic E-state index is -4.48. The smallest absolute Gasteiger partial charge is 0.431 e. The highest BCUT2D eigenvalue weighted by molar-refractivity contribution is 5.87. The van der Waals surface area contributed by atoms with Crippen LogP contribution in [0.5, 0.6) is 5.75 Å². The number of para-hydroxylation sites is 1. The van der Waals surface area contributed by atoms with Gasteiger partial charge in [-0.1, -0.05) is 23.2 Å². The van der Waals surface area contributed by atoms with E-state index in [2.05, 4.69) is 19.9 Å². The SMILES string of the molecule is CCO[C@H]1COc2ccccc2C1/C=N\c1[nH+]cnc2[nH]c(C(F)(F)F)cc12. The van der Waals surface area contributed by atoms with E-state index in [-0.39, 0.29) is 28.9 Å². The summed E-state index contributed by atoms with van der Waals surface area (Å²) in [7, 11) is 0. The minimum Gasteiger partial charge on any atom is -0.491 e. The van der Waals surface area contributed by atoms with Gasteiger partial charge >= 0.3 is 6.18 Å². The second kappa shape index (κ2) is 7.23. The zero-order valence-corrected chi connectivity index (χ0v) is 15.0. The number of aromatic nitrogens is 3. The lowest BCUT2D eigenvalue weighted by Crippen LogP contribution is -2.34. The molecule has 0 bridgehead atoms. The van der Waals surface area contributed by atoms with Crippen molar-refractivity contribution in [3.8, 4) is 5.75 Å². The second-order valence-corrected chi connectivity index (χ2v) is 6.34. The maximum atomic E-state index is 13.0. The average Bonchev–Trinajstić information content (AvgIpc) is 3.13. The number of alkyl halides is 3. The molecule has 1 aliphatic heterocycles. The third kappa shape index (κ3) is 3.45. The van der Waals surface area contributed by atoms with E-state index in [4.69, 9.17) is 9.47 Å². The third-order valence-electron chi connectivity index (χ3n) is 4.58. The molecule has 1 unspecified atom stereocenters. The first-order valence-corrected chi connectivity index (χ1v) is 8.81. The van der Waals surface area contributed by atoms with Crippen LogP contribution in [-0.2, 0) is 10.9 Å². The van der Waals surface area contributed by atoms with E-state index in [1.165, 1.54) is 6.33 Å². The number of ether oxygens (including phenoxy) is 2. The predicted molar refractivity (Wildman–Crippen MR) is 95.9 cm³/mol. The largest absolute Gasteiger partial charge is 0.491 e. The van der Waals surface area contributed by atoms with Gasteiger partial charge in [0.15, 0.2) is 0 Å². The van der Waals surface area contributed by atoms with Crippen LogP contribution in [-0.4, -0.2) is 35.5 Å². The van der Waals surface area contributed by atoms with Crippen molar-refractivity contribution in [3.63, 3.8) is 0 Å². The Balaban J connectivity index is 1.72. The topological polar surface area (TPSA) is 73.6 Å². The van der Waals surface area contributed by atoms with Gasteiger partial charge in [-0.25, -0.2) is 4.98 Å². The first-order chi connectivity index (χ1) is 13.5. The number of nitrogens with one attached hydrogen (secondary N) is 2. The number of hydrogen-bond acceptors (Lipinski definition) is 4. The number of aliphatic imine (C=N–C) groups is 1. The molecule has 0 aliphatic carbocycles. The number of halogens is 3. The van der Waals surface area contributed by atoms with Crippen molar-refractivity contribution < 1.29 is 27.6 Å². The molecule has 6 nitrogen and oxygen atoms in total. The Hall–Kier alpha value is -2.94. The van der Waals surface area contributed by atoms with Crippen molar-refractivity contribution in [1.29, 1.82) is 0 Å². The summed E-state index contributed by atoms with van der Waals surface area (Å²) in [5.41, 5.74) is 0.174. The molecule has 0 saturated carbocycles. The summed E-state index contributed by atoms with van der Waals surface area (Å²) >= 11 is 0. The van der Waals surface area contributed by atoms with Crippen LogP contribution < -0.4 is 9.72 Å². The van der Waals surface area contributed by atoms with Crippen molar-refractivity contribution in [3.05, 3.63) is 47.9 Å². The molecule has 0 spiro atoms. The molecule has 0 fully saturated rings. The first-order valence-electron chi connectivity index (χ1n) is 8.81. The highest BCUT2D eigenvalue weighted by atomic mass is 19.4. The molecule has 9 heteroatoms. The third-order valence-corrected chi connectivity index (χ3v) is 4.58. The second-order valence-electron chi connectivity index (χ2n) is 6.34. The molecule has 1 aliphatic rings. The molecule has 1 aromatic carbocycles. The van der Waals surface area contributed by atoms with Crippen molar-refractivity contribution in [2.45, 2.75) is 25.1 Å². The highest BCUT2D eigenvalue weighted by Crippen LogP contribution is 2.35. The van der Waals surface area contributed by atoms with Crippen LogP contribution in [0.3, 0.4) is 0 Å². The molecule has 2 aromatic heterocycles. The Bertz CT molecular complexity index is 1020. The van der Waals surface area contributed by atoms with E-state index in [1.54, 1.807) is 6.21 Å². The van der Waals surface area contributed by atoms with Gasteiger partial charge in [-0.05, 0) is 19.1 Å². The highest BCUT2D eigenvalue weighted by Gasteiger charge is 2.34. The Kier molecular flexibility index (Phi) is 4.76. The number of fused-ring (bicyclic) bond motifs is 2. The minimum absolute atomic E-state index is 0.118. The molecule has 146 valence electrons. The maximum absolute atomic E-state index is 13.0. The van der Waals surface area contributed by atoms with E-state index in [9.17, 15) is 13.2 Å². The van der Waals surface area contributed by atoms with Crippen molar-refractivity contribution >= 4 is 23.1 Å². The first kappa shape index (κ1) is 18.4.